The number of likely N-dealkylation sites (tertiary alicyclic amines) is 1. The number of ether oxygens (including phenoxy) is 1. The van der Waals surface area contributed by atoms with Gasteiger partial charge in [-0.05, 0) is 31.4 Å². The Morgan fingerprint density at radius 1 is 1.13 bits per heavy atom. The number of hydrogen-bond donors (Lipinski definition) is 6. The molecule has 2 heterocycles. The largest absolute Gasteiger partial charge is 0.480 e. The van der Waals surface area contributed by atoms with E-state index in [9.17, 15) is 29.1 Å². The lowest BCUT2D eigenvalue weighted by Gasteiger charge is -2.30. The molecule has 0 bridgehead atoms. The Labute approximate surface area is 270 Å². The number of amides is 3. The first-order chi connectivity index (χ1) is 21.2. The Bertz CT molecular complexity index is 1360. The third kappa shape index (κ3) is 10.9. The van der Waals surface area contributed by atoms with Crippen molar-refractivity contribution >= 4 is 62.2 Å². The fraction of sp³-hybridized carbons (Fsp3) is 0.567. The number of hydrogen-bond acceptors (Lipinski definition) is 10. The zero-order chi connectivity index (χ0) is 33.3. The summed E-state index contributed by atoms with van der Waals surface area (Å²) in [6.45, 7) is 8.52. The first-order valence-electron chi connectivity index (χ1n) is 14.7. The highest BCUT2D eigenvalue weighted by Gasteiger charge is 2.39. The van der Waals surface area contributed by atoms with E-state index in [0.29, 0.717) is 12.8 Å². The van der Waals surface area contributed by atoms with E-state index in [1.807, 2.05) is 45.0 Å². The van der Waals surface area contributed by atoms with Gasteiger partial charge in [-0.15, -0.1) is 0 Å². The van der Waals surface area contributed by atoms with Gasteiger partial charge in [-0.1, -0.05) is 60.6 Å². The number of nitrogens with one attached hydrogen (secondary N) is 4. The van der Waals surface area contributed by atoms with Crippen molar-refractivity contribution in [1.29, 1.82) is 0 Å². The molecule has 1 unspecified atom stereocenters. The number of rotatable bonds is 15. The second-order valence-electron chi connectivity index (χ2n) is 11.9. The Morgan fingerprint density at radius 2 is 1.84 bits per heavy atom. The van der Waals surface area contributed by atoms with Crippen LogP contribution in [0.3, 0.4) is 0 Å². The minimum Gasteiger partial charge on any atom is -0.480 e. The van der Waals surface area contributed by atoms with Crippen LogP contribution < -0.4 is 16.0 Å². The number of H-pyrrole nitrogens is 1. The van der Waals surface area contributed by atoms with Gasteiger partial charge in [0.1, 0.15) is 37.0 Å². The molecule has 5 atom stereocenters. The topological polar surface area (TPSA) is 190 Å². The van der Waals surface area contributed by atoms with Crippen LogP contribution in [0.15, 0.2) is 30.5 Å². The number of aliphatic hydroxyl groups excluding tert-OH is 1. The molecule has 0 spiro atoms. The van der Waals surface area contributed by atoms with Gasteiger partial charge in [0.05, 0.1) is 0 Å². The summed E-state index contributed by atoms with van der Waals surface area (Å²) in [6, 6.07) is 3.66. The molecule has 15 heteroatoms. The Balaban J connectivity index is 1.75. The molecular weight excluding hydrogens is 622 g/mol. The van der Waals surface area contributed by atoms with E-state index in [1.165, 1.54) is 29.5 Å². The van der Waals surface area contributed by atoms with Crippen molar-refractivity contribution in [2.45, 2.75) is 89.0 Å². The van der Waals surface area contributed by atoms with Crippen LogP contribution in [-0.4, -0.2) is 104 Å². The Hall–Kier alpha value is -3.27. The van der Waals surface area contributed by atoms with Crippen molar-refractivity contribution in [3.63, 3.8) is 0 Å². The number of nitrogens with zero attached hydrogens (tertiary/aromatic N) is 1. The number of carbonyl (C=O) groups is 5. The second kappa shape index (κ2) is 16.3. The number of benzene rings is 1. The Kier molecular flexibility index (Phi) is 13.1. The molecule has 248 valence electrons. The van der Waals surface area contributed by atoms with Gasteiger partial charge in [0.15, 0.2) is 0 Å². The first kappa shape index (κ1) is 36.2. The SMILES string of the molecule is CC(=O)N[C@@H](Cc1c[nH]c2ccccc12)C(=O)N[C@@H](CSSC(C)(C)C)C(=O)N1CCC[C@H]1C(=O)OCC(O)N[C@@H](C)C(=O)O. The van der Waals surface area contributed by atoms with Gasteiger partial charge in [-0.3, -0.25) is 24.5 Å². The Morgan fingerprint density at radius 3 is 2.51 bits per heavy atom. The van der Waals surface area contributed by atoms with Crippen molar-refractivity contribution in [2.24, 2.45) is 0 Å². The minimum atomic E-state index is -1.41. The smallest absolute Gasteiger partial charge is 0.328 e. The predicted molar refractivity (Wildman–Crippen MR) is 173 cm³/mol. The van der Waals surface area contributed by atoms with E-state index in [4.69, 9.17) is 9.84 Å². The van der Waals surface area contributed by atoms with Crippen LogP contribution in [0.4, 0.5) is 0 Å². The van der Waals surface area contributed by atoms with Crippen LogP contribution in [0.2, 0.25) is 0 Å². The van der Waals surface area contributed by atoms with E-state index in [2.05, 4.69) is 20.9 Å². The molecule has 45 heavy (non-hydrogen) atoms. The average Bonchev–Trinajstić information content (AvgIpc) is 3.61. The summed E-state index contributed by atoms with van der Waals surface area (Å²) >= 11 is 0. The quantitative estimate of drug-likeness (QED) is 0.0924. The van der Waals surface area contributed by atoms with Crippen LogP contribution >= 0.6 is 21.6 Å². The average molecular weight is 666 g/mol. The number of esters is 1. The molecule has 0 aliphatic carbocycles. The molecule has 1 fully saturated rings. The zero-order valence-electron chi connectivity index (χ0n) is 26.1. The van der Waals surface area contributed by atoms with Gasteiger partial charge in [-0.25, -0.2) is 4.79 Å². The van der Waals surface area contributed by atoms with E-state index in [0.717, 1.165) is 16.5 Å². The molecule has 13 nitrogen and oxygen atoms in total. The number of carbonyl (C=O) groups excluding carboxylic acids is 4. The number of carboxylic acid groups (broad SMARTS) is 1. The van der Waals surface area contributed by atoms with E-state index in [-0.39, 0.29) is 23.5 Å². The third-order valence-electron chi connectivity index (χ3n) is 6.96. The number of para-hydroxylation sites is 1. The van der Waals surface area contributed by atoms with Gasteiger partial charge in [0.25, 0.3) is 0 Å². The van der Waals surface area contributed by atoms with Crippen LogP contribution in [0.1, 0.15) is 53.0 Å². The van der Waals surface area contributed by atoms with Crippen molar-refractivity contribution in [3.8, 4) is 0 Å². The molecule has 0 saturated carbocycles. The normalized spacial score (nSPS) is 17.7. The monoisotopic (exact) mass is 665 g/mol. The fourth-order valence-electron chi connectivity index (χ4n) is 4.84. The molecule has 3 amide bonds. The highest BCUT2D eigenvalue weighted by molar-refractivity contribution is 8.77. The molecule has 2 aromatic rings. The maximum absolute atomic E-state index is 13.9. The van der Waals surface area contributed by atoms with Gasteiger partial charge < -0.3 is 35.5 Å². The highest BCUT2D eigenvalue weighted by atomic mass is 33.1. The lowest BCUT2D eigenvalue weighted by atomic mass is 10.0. The maximum atomic E-state index is 13.9. The first-order valence-corrected chi connectivity index (χ1v) is 17.0. The molecule has 1 aromatic carbocycles. The molecule has 1 aliphatic rings. The van der Waals surface area contributed by atoms with Crippen LogP contribution in [0, 0.1) is 0 Å². The second-order valence-corrected chi connectivity index (χ2v) is 15.1. The van der Waals surface area contributed by atoms with E-state index >= 15 is 0 Å². The van der Waals surface area contributed by atoms with E-state index < -0.39 is 66.7 Å². The predicted octanol–water partition coefficient (Wildman–Crippen LogP) is 1.80. The molecular formula is C30H43N5O8S2. The lowest BCUT2D eigenvalue weighted by Crippen LogP contribution is -2.57. The summed E-state index contributed by atoms with van der Waals surface area (Å²) in [6.07, 6.45) is 1.43. The molecule has 1 aromatic heterocycles. The van der Waals surface area contributed by atoms with Gasteiger partial charge >= 0.3 is 11.9 Å². The summed E-state index contributed by atoms with van der Waals surface area (Å²) in [5, 5.41) is 27.9. The summed E-state index contributed by atoms with van der Waals surface area (Å²) < 4.78 is 5.10. The van der Waals surface area contributed by atoms with Gasteiger partial charge in [-0.2, -0.15) is 0 Å². The number of carboxylic acids is 1. The van der Waals surface area contributed by atoms with Crippen LogP contribution in [-0.2, 0) is 35.1 Å². The van der Waals surface area contributed by atoms with E-state index in [1.54, 1.807) is 17.0 Å². The highest BCUT2D eigenvalue weighted by Crippen LogP contribution is 2.35. The standard InChI is InChI=1S/C30H43N5O8S2/c1-17(28(40)41)32-25(37)15-43-29(42)24-11-8-12-35(24)27(39)23(16-44-45-30(3,4)5)34-26(38)22(33-18(2)36)13-19-14-31-21-10-7-6-9-20(19)21/h6-7,9-10,14,17,22-25,31-32,37H,8,11-13,15-16H2,1-5H3,(H,33,36)(H,34,38)(H,40,41)/t17-,22-,23-,24-,25?/m0/s1. The number of aromatic nitrogens is 1. The summed E-state index contributed by atoms with van der Waals surface area (Å²) in [5.41, 5.74) is 1.72. The molecule has 3 rings (SSSR count). The maximum Gasteiger partial charge on any atom is 0.328 e. The summed E-state index contributed by atoms with van der Waals surface area (Å²) in [4.78, 5) is 68.2. The molecule has 0 radical (unpaired) electrons. The summed E-state index contributed by atoms with van der Waals surface area (Å²) in [7, 11) is 2.97. The summed E-state index contributed by atoms with van der Waals surface area (Å²) in [5.74, 6) is -3.09. The van der Waals surface area contributed by atoms with Crippen LogP contribution in [0.25, 0.3) is 10.9 Å². The number of aromatic amines is 1. The van der Waals surface area contributed by atoms with Crippen molar-refractivity contribution in [2.75, 3.05) is 18.9 Å². The fourth-order valence-corrected chi connectivity index (χ4v) is 7.30. The molecule has 6 N–H and O–H groups in total. The zero-order valence-corrected chi connectivity index (χ0v) is 27.8. The minimum absolute atomic E-state index is 0.122. The molecule has 1 aliphatic heterocycles. The number of fused-ring (bicyclic) bond motifs is 1. The molecule has 1 saturated heterocycles. The third-order valence-corrected chi connectivity index (χ3v) is 10.3. The van der Waals surface area contributed by atoms with Crippen molar-refractivity contribution in [3.05, 3.63) is 36.0 Å². The van der Waals surface area contributed by atoms with Crippen molar-refractivity contribution in [1.82, 2.24) is 25.8 Å². The number of aliphatic hydroxyl groups is 1. The lowest BCUT2D eigenvalue weighted by molar-refractivity contribution is -0.157. The van der Waals surface area contributed by atoms with Crippen LogP contribution in [0.5, 0.6) is 0 Å². The van der Waals surface area contributed by atoms with Gasteiger partial charge in [0.2, 0.25) is 17.7 Å². The number of aliphatic carboxylic acids is 1. The van der Waals surface area contributed by atoms with Crippen molar-refractivity contribution < 1.29 is 38.9 Å². The van der Waals surface area contributed by atoms with Gasteiger partial charge in [0, 0.05) is 47.5 Å².